The van der Waals surface area contributed by atoms with Crippen molar-refractivity contribution < 1.29 is 23.8 Å². The Kier molecular flexibility index (Phi) is 6.61. The highest BCUT2D eigenvalue weighted by Crippen LogP contribution is 2.22. The lowest BCUT2D eigenvalue weighted by molar-refractivity contribution is -0.138. The van der Waals surface area contributed by atoms with Crippen molar-refractivity contribution in [3.8, 4) is 5.75 Å². The Labute approximate surface area is 147 Å². The van der Waals surface area contributed by atoms with E-state index >= 15 is 0 Å². The van der Waals surface area contributed by atoms with Gasteiger partial charge in [0.1, 0.15) is 17.7 Å². The quantitative estimate of drug-likeness (QED) is 0.825. The van der Waals surface area contributed by atoms with Gasteiger partial charge >= 0.3 is 6.09 Å². The minimum atomic E-state index is -1.12. The van der Waals surface area contributed by atoms with E-state index in [2.05, 4.69) is 5.32 Å². The fourth-order valence-corrected chi connectivity index (χ4v) is 2.94. The molecule has 6 nitrogen and oxygen atoms in total. The molecule has 2 N–H and O–H groups in total. The maximum atomic E-state index is 12.9. The first-order valence-corrected chi connectivity index (χ1v) is 8.54. The number of piperidine rings is 1. The van der Waals surface area contributed by atoms with Crippen LogP contribution in [-0.4, -0.2) is 47.7 Å². The van der Waals surface area contributed by atoms with Crippen LogP contribution in [0.3, 0.4) is 0 Å². The third kappa shape index (κ3) is 5.62. The van der Waals surface area contributed by atoms with Gasteiger partial charge in [0, 0.05) is 32.5 Å². The zero-order valence-electron chi connectivity index (χ0n) is 14.6. The average Bonchev–Trinajstić information content (AvgIpc) is 2.57. The largest absolute Gasteiger partial charge is 0.490 e. The van der Waals surface area contributed by atoms with Gasteiger partial charge in [0.2, 0.25) is 5.91 Å². The minimum absolute atomic E-state index is 0.0100. The number of likely N-dealkylation sites (tertiary alicyclic amines) is 1. The number of carbonyl (C=O) groups excluding carboxylic acids is 1. The maximum absolute atomic E-state index is 12.9. The molecule has 1 aromatic rings. The van der Waals surface area contributed by atoms with E-state index in [9.17, 15) is 14.0 Å². The van der Waals surface area contributed by atoms with E-state index in [4.69, 9.17) is 9.84 Å². The van der Waals surface area contributed by atoms with Crippen LogP contribution in [0.5, 0.6) is 5.75 Å². The number of nitrogens with one attached hydrogen (secondary N) is 1. The maximum Gasteiger partial charge on any atom is 0.404 e. The Morgan fingerprint density at radius 1 is 1.28 bits per heavy atom. The topological polar surface area (TPSA) is 78.9 Å². The van der Waals surface area contributed by atoms with Gasteiger partial charge in [-0.2, -0.15) is 0 Å². The van der Waals surface area contributed by atoms with Crippen molar-refractivity contribution in [1.29, 1.82) is 0 Å². The molecule has 7 heteroatoms. The van der Waals surface area contributed by atoms with Crippen LogP contribution >= 0.6 is 0 Å². The van der Waals surface area contributed by atoms with Crippen molar-refractivity contribution in [2.45, 2.75) is 32.8 Å². The average molecular weight is 352 g/mol. The van der Waals surface area contributed by atoms with E-state index < -0.39 is 6.09 Å². The number of hydrogen-bond donors (Lipinski definition) is 2. The highest BCUT2D eigenvalue weighted by Gasteiger charge is 2.30. The van der Waals surface area contributed by atoms with Crippen molar-refractivity contribution in [3.63, 3.8) is 0 Å². The Hall–Kier alpha value is -2.31. The van der Waals surface area contributed by atoms with Crippen LogP contribution in [0.25, 0.3) is 0 Å². The predicted molar refractivity (Wildman–Crippen MR) is 91.0 cm³/mol. The van der Waals surface area contributed by atoms with Crippen LogP contribution in [0, 0.1) is 17.7 Å². The van der Waals surface area contributed by atoms with Gasteiger partial charge < -0.3 is 20.1 Å². The zero-order valence-corrected chi connectivity index (χ0v) is 14.6. The highest BCUT2D eigenvalue weighted by atomic mass is 19.1. The van der Waals surface area contributed by atoms with Crippen molar-refractivity contribution in [3.05, 3.63) is 30.1 Å². The van der Waals surface area contributed by atoms with Crippen LogP contribution in [0.2, 0.25) is 0 Å². The second-order valence-corrected chi connectivity index (χ2v) is 6.63. The van der Waals surface area contributed by atoms with Crippen LogP contribution in [-0.2, 0) is 4.79 Å². The summed E-state index contributed by atoms with van der Waals surface area (Å²) in [6.45, 7) is 5.09. The van der Waals surface area contributed by atoms with E-state index in [-0.39, 0.29) is 36.2 Å². The van der Waals surface area contributed by atoms with Gasteiger partial charge in [0.25, 0.3) is 0 Å². The van der Waals surface area contributed by atoms with E-state index in [1.54, 1.807) is 17.0 Å². The molecule has 1 saturated heterocycles. The second kappa shape index (κ2) is 8.69. The summed E-state index contributed by atoms with van der Waals surface area (Å²) in [6, 6.07) is 5.91. The Morgan fingerprint density at radius 2 is 1.88 bits per heavy atom. The number of nitrogens with zero attached hydrogens (tertiary/aromatic N) is 1. The standard InChI is InChI=1S/C18H25FN2O4/c1-12(2)16(11-20-18(23)24)17(22)21-9-7-15(8-10-21)25-14-5-3-13(19)4-6-14/h3-6,12,15-16,20H,7-11H2,1-2H3,(H,23,24)/t16-/m1/s1. The molecule has 25 heavy (non-hydrogen) atoms. The molecule has 2 amide bonds. The first kappa shape index (κ1) is 19.0. The van der Waals surface area contributed by atoms with Gasteiger partial charge in [-0.25, -0.2) is 9.18 Å². The number of hydrogen-bond acceptors (Lipinski definition) is 3. The number of carboxylic acid groups (broad SMARTS) is 1. The number of ether oxygens (including phenoxy) is 1. The van der Waals surface area contributed by atoms with Crippen LogP contribution in [0.4, 0.5) is 9.18 Å². The molecule has 138 valence electrons. The lowest BCUT2D eigenvalue weighted by Crippen LogP contribution is -2.48. The molecule has 1 aliphatic heterocycles. The highest BCUT2D eigenvalue weighted by molar-refractivity contribution is 5.80. The number of halogens is 1. The van der Waals surface area contributed by atoms with Gasteiger partial charge in [0.15, 0.2) is 0 Å². The Morgan fingerprint density at radius 3 is 2.40 bits per heavy atom. The molecule has 0 bridgehead atoms. The number of benzene rings is 1. The third-order valence-corrected chi connectivity index (χ3v) is 4.47. The molecule has 0 spiro atoms. The number of rotatable bonds is 6. The van der Waals surface area contributed by atoms with Crippen molar-refractivity contribution in [1.82, 2.24) is 10.2 Å². The Balaban J connectivity index is 1.86. The fraction of sp³-hybridized carbons (Fsp3) is 0.556. The predicted octanol–water partition coefficient (Wildman–Crippen LogP) is 2.74. The van der Waals surface area contributed by atoms with Gasteiger partial charge in [-0.15, -0.1) is 0 Å². The second-order valence-electron chi connectivity index (χ2n) is 6.63. The number of amides is 2. The van der Waals surface area contributed by atoms with Crippen LogP contribution in [0.1, 0.15) is 26.7 Å². The molecule has 1 aliphatic rings. The summed E-state index contributed by atoms with van der Waals surface area (Å²) in [5.74, 6) is -0.0263. The summed E-state index contributed by atoms with van der Waals surface area (Å²) in [5.41, 5.74) is 0. The Bertz CT molecular complexity index is 583. The molecular weight excluding hydrogens is 327 g/mol. The minimum Gasteiger partial charge on any atom is -0.490 e. The van der Waals surface area contributed by atoms with Gasteiger partial charge in [-0.1, -0.05) is 13.8 Å². The van der Waals surface area contributed by atoms with Gasteiger partial charge in [-0.05, 0) is 30.2 Å². The summed E-state index contributed by atoms with van der Waals surface area (Å²) in [6.07, 6.45) is 0.259. The lowest BCUT2D eigenvalue weighted by Gasteiger charge is -2.35. The van der Waals surface area contributed by atoms with Gasteiger partial charge in [0.05, 0.1) is 5.92 Å². The van der Waals surface area contributed by atoms with Crippen molar-refractivity contribution in [2.24, 2.45) is 11.8 Å². The SMILES string of the molecule is CC(C)[C@@H](CNC(=O)O)C(=O)N1CCC(Oc2ccc(F)cc2)CC1. The number of carbonyl (C=O) groups is 2. The van der Waals surface area contributed by atoms with E-state index in [1.165, 1.54) is 12.1 Å². The fourth-order valence-electron chi connectivity index (χ4n) is 2.94. The monoisotopic (exact) mass is 352 g/mol. The molecule has 1 heterocycles. The van der Waals surface area contributed by atoms with Gasteiger partial charge in [-0.3, -0.25) is 4.79 Å². The van der Waals surface area contributed by atoms with Crippen molar-refractivity contribution >= 4 is 12.0 Å². The summed E-state index contributed by atoms with van der Waals surface area (Å²) in [5, 5.41) is 11.1. The van der Waals surface area contributed by atoms with E-state index in [1.807, 2.05) is 13.8 Å². The third-order valence-electron chi connectivity index (χ3n) is 4.47. The van der Waals surface area contributed by atoms with E-state index in [0.717, 1.165) is 0 Å². The van der Waals surface area contributed by atoms with Crippen molar-refractivity contribution in [2.75, 3.05) is 19.6 Å². The summed E-state index contributed by atoms with van der Waals surface area (Å²) < 4.78 is 18.7. The molecule has 1 fully saturated rings. The molecular formula is C18H25FN2O4. The smallest absolute Gasteiger partial charge is 0.404 e. The normalized spacial score (nSPS) is 16.6. The zero-order chi connectivity index (χ0) is 18.4. The molecule has 0 unspecified atom stereocenters. The summed E-state index contributed by atoms with van der Waals surface area (Å²) in [4.78, 5) is 25.1. The molecule has 0 aliphatic carbocycles. The molecule has 0 aromatic heterocycles. The first-order valence-electron chi connectivity index (χ1n) is 8.54. The molecule has 1 aromatic carbocycles. The first-order chi connectivity index (χ1) is 11.9. The molecule has 2 rings (SSSR count). The van der Waals surface area contributed by atoms with Crippen LogP contribution < -0.4 is 10.1 Å². The van der Waals surface area contributed by atoms with E-state index in [0.29, 0.717) is 31.7 Å². The lowest BCUT2D eigenvalue weighted by atomic mass is 9.93. The summed E-state index contributed by atoms with van der Waals surface area (Å²) >= 11 is 0. The molecule has 1 atom stereocenters. The summed E-state index contributed by atoms with van der Waals surface area (Å²) in [7, 11) is 0. The van der Waals surface area contributed by atoms with Crippen LogP contribution in [0.15, 0.2) is 24.3 Å². The molecule has 0 saturated carbocycles. The molecule has 0 radical (unpaired) electrons.